The molecule has 2 nitrogen and oxygen atoms in total. The van der Waals surface area contributed by atoms with Crippen molar-refractivity contribution in [3.63, 3.8) is 0 Å². The Bertz CT molecular complexity index is 602. The van der Waals surface area contributed by atoms with Gasteiger partial charge in [-0.3, -0.25) is 0 Å². The number of hydrogen-bond donors (Lipinski definition) is 1. The lowest BCUT2D eigenvalue weighted by Crippen LogP contribution is -2.54. The highest BCUT2D eigenvalue weighted by Gasteiger charge is 2.60. The SMILES string of the molecule is CC(C)CCC[C@@H](C)[C@H]1CC[C@H]2[C@@H]3CC[C@H]4CC(OCCCO)CC[C@]4(C)[C@H]3CC[C@]12C. The van der Waals surface area contributed by atoms with Crippen molar-refractivity contribution < 1.29 is 9.84 Å². The Kier molecular flexibility index (Phi) is 8.03. The molecular weight excluding hydrogens is 392 g/mol. The highest BCUT2D eigenvalue weighted by Crippen LogP contribution is 2.68. The number of fused-ring (bicyclic) bond motifs is 5. The Labute approximate surface area is 199 Å². The predicted molar refractivity (Wildman–Crippen MR) is 135 cm³/mol. The highest BCUT2D eigenvalue weighted by atomic mass is 16.5. The molecule has 4 rings (SSSR count). The molecule has 4 saturated carbocycles. The van der Waals surface area contributed by atoms with Gasteiger partial charge in [-0.15, -0.1) is 0 Å². The molecule has 0 aliphatic heterocycles. The third kappa shape index (κ3) is 4.71. The van der Waals surface area contributed by atoms with Crippen LogP contribution in [-0.2, 0) is 4.74 Å². The fourth-order valence-corrected chi connectivity index (χ4v) is 9.71. The van der Waals surface area contributed by atoms with Gasteiger partial charge in [-0.25, -0.2) is 0 Å². The maximum Gasteiger partial charge on any atom is 0.0578 e. The first kappa shape index (κ1) is 25.0. The van der Waals surface area contributed by atoms with E-state index in [1.807, 2.05) is 0 Å². The van der Waals surface area contributed by atoms with Gasteiger partial charge in [0.1, 0.15) is 0 Å². The Morgan fingerprint density at radius 2 is 1.59 bits per heavy atom. The van der Waals surface area contributed by atoms with E-state index in [-0.39, 0.29) is 6.61 Å². The maximum absolute atomic E-state index is 9.09. The summed E-state index contributed by atoms with van der Waals surface area (Å²) in [4.78, 5) is 0. The quantitative estimate of drug-likeness (QED) is 0.365. The van der Waals surface area contributed by atoms with E-state index in [1.54, 1.807) is 0 Å². The van der Waals surface area contributed by atoms with Gasteiger partial charge in [-0.05, 0) is 116 Å². The molecule has 4 aliphatic carbocycles. The van der Waals surface area contributed by atoms with Gasteiger partial charge in [0.25, 0.3) is 0 Å². The maximum atomic E-state index is 9.09. The van der Waals surface area contributed by atoms with E-state index < -0.39 is 0 Å². The standard InChI is InChI=1S/C30H54O2/c1-21(2)8-6-9-22(3)26-12-13-27-25-11-10-23-20-24(32-19-7-18-31)14-16-29(23,4)28(25)15-17-30(26,27)5/h21-28,31H,6-20H2,1-5H3/t22-,23+,24?,25+,26-,27+,28+,29+,30-/m1/s1. The van der Waals surface area contributed by atoms with Crippen molar-refractivity contribution in [2.75, 3.05) is 13.2 Å². The van der Waals surface area contributed by atoms with E-state index in [9.17, 15) is 0 Å². The van der Waals surface area contributed by atoms with E-state index >= 15 is 0 Å². The molecule has 1 unspecified atom stereocenters. The third-order valence-electron chi connectivity index (χ3n) is 11.5. The molecule has 0 saturated heterocycles. The van der Waals surface area contributed by atoms with Crippen LogP contribution in [0.4, 0.5) is 0 Å². The zero-order valence-corrected chi connectivity index (χ0v) is 22.1. The Morgan fingerprint density at radius 3 is 2.34 bits per heavy atom. The van der Waals surface area contributed by atoms with E-state index in [1.165, 1.54) is 77.0 Å². The van der Waals surface area contributed by atoms with Crippen LogP contribution in [-0.4, -0.2) is 24.4 Å². The lowest BCUT2D eigenvalue weighted by atomic mass is 9.44. The molecule has 186 valence electrons. The molecule has 32 heavy (non-hydrogen) atoms. The van der Waals surface area contributed by atoms with Crippen molar-refractivity contribution >= 4 is 0 Å². The van der Waals surface area contributed by atoms with Crippen molar-refractivity contribution in [3.05, 3.63) is 0 Å². The Balaban J connectivity index is 1.39. The number of hydrogen-bond acceptors (Lipinski definition) is 2. The summed E-state index contributed by atoms with van der Waals surface area (Å²) in [5, 5.41) is 9.09. The average molecular weight is 447 g/mol. The minimum atomic E-state index is 0.259. The van der Waals surface area contributed by atoms with Gasteiger partial charge in [-0.1, -0.05) is 53.9 Å². The summed E-state index contributed by atoms with van der Waals surface area (Å²) in [6.07, 6.45) is 18.4. The van der Waals surface area contributed by atoms with E-state index in [2.05, 4.69) is 34.6 Å². The summed E-state index contributed by atoms with van der Waals surface area (Å²) in [6, 6.07) is 0. The molecule has 0 heterocycles. The fraction of sp³-hybridized carbons (Fsp3) is 1.00. The van der Waals surface area contributed by atoms with Crippen LogP contribution in [0.15, 0.2) is 0 Å². The second kappa shape index (κ2) is 10.3. The molecule has 0 aromatic rings. The van der Waals surface area contributed by atoms with Crippen molar-refractivity contribution in [2.45, 2.75) is 124 Å². The van der Waals surface area contributed by atoms with Gasteiger partial charge in [0.2, 0.25) is 0 Å². The second-order valence-electron chi connectivity index (χ2n) is 13.5. The fourth-order valence-electron chi connectivity index (χ4n) is 9.71. The van der Waals surface area contributed by atoms with Crippen LogP contribution in [0, 0.1) is 52.3 Å². The Morgan fingerprint density at radius 1 is 0.844 bits per heavy atom. The van der Waals surface area contributed by atoms with Crippen molar-refractivity contribution in [3.8, 4) is 0 Å². The van der Waals surface area contributed by atoms with Crippen LogP contribution in [0.25, 0.3) is 0 Å². The summed E-state index contributed by atoms with van der Waals surface area (Å²) in [6.45, 7) is 13.8. The van der Waals surface area contributed by atoms with Crippen LogP contribution >= 0.6 is 0 Å². The zero-order valence-electron chi connectivity index (χ0n) is 22.1. The zero-order chi connectivity index (χ0) is 22.9. The third-order valence-corrected chi connectivity index (χ3v) is 11.5. The minimum absolute atomic E-state index is 0.259. The molecule has 0 aromatic heterocycles. The highest BCUT2D eigenvalue weighted by molar-refractivity contribution is 5.09. The lowest BCUT2D eigenvalue weighted by Gasteiger charge is -2.61. The summed E-state index contributed by atoms with van der Waals surface area (Å²) in [5.74, 6) is 6.57. The molecule has 0 spiro atoms. The van der Waals surface area contributed by atoms with Crippen LogP contribution in [0.5, 0.6) is 0 Å². The molecule has 4 fully saturated rings. The van der Waals surface area contributed by atoms with Gasteiger partial charge in [0, 0.05) is 13.2 Å². The first-order valence-electron chi connectivity index (χ1n) is 14.5. The van der Waals surface area contributed by atoms with Crippen LogP contribution < -0.4 is 0 Å². The van der Waals surface area contributed by atoms with Gasteiger partial charge in [-0.2, -0.15) is 0 Å². The molecular formula is C30H54O2. The molecule has 2 heteroatoms. The average Bonchev–Trinajstić information content (AvgIpc) is 3.11. The van der Waals surface area contributed by atoms with Crippen molar-refractivity contribution in [1.82, 2.24) is 0 Å². The molecule has 1 N–H and O–H groups in total. The minimum Gasteiger partial charge on any atom is -0.396 e. The van der Waals surface area contributed by atoms with E-state index in [0.717, 1.165) is 54.5 Å². The van der Waals surface area contributed by atoms with Gasteiger partial charge in [0.15, 0.2) is 0 Å². The molecule has 0 bridgehead atoms. The monoisotopic (exact) mass is 446 g/mol. The summed E-state index contributed by atoms with van der Waals surface area (Å²) in [7, 11) is 0. The number of ether oxygens (including phenoxy) is 1. The van der Waals surface area contributed by atoms with Crippen molar-refractivity contribution in [2.24, 2.45) is 52.3 Å². The number of rotatable bonds is 9. The molecule has 9 atom stereocenters. The number of aliphatic hydroxyl groups excluding tert-OH is 1. The van der Waals surface area contributed by atoms with E-state index in [4.69, 9.17) is 9.84 Å². The summed E-state index contributed by atoms with van der Waals surface area (Å²) >= 11 is 0. The van der Waals surface area contributed by atoms with E-state index in [0.29, 0.717) is 16.9 Å². The second-order valence-corrected chi connectivity index (χ2v) is 13.5. The summed E-state index contributed by atoms with van der Waals surface area (Å²) in [5.41, 5.74) is 1.17. The topological polar surface area (TPSA) is 29.5 Å². The Hall–Kier alpha value is -0.0800. The molecule has 4 aliphatic rings. The molecule has 0 amide bonds. The van der Waals surface area contributed by atoms with Crippen LogP contribution in [0.1, 0.15) is 118 Å². The lowest BCUT2D eigenvalue weighted by molar-refractivity contribution is -0.137. The molecule has 0 radical (unpaired) electrons. The molecule has 0 aromatic carbocycles. The van der Waals surface area contributed by atoms with Crippen LogP contribution in [0.2, 0.25) is 0 Å². The normalized spacial score (nSPS) is 44.7. The first-order chi connectivity index (χ1) is 15.3. The smallest absolute Gasteiger partial charge is 0.0578 e. The van der Waals surface area contributed by atoms with Crippen molar-refractivity contribution in [1.29, 1.82) is 0 Å². The summed E-state index contributed by atoms with van der Waals surface area (Å²) < 4.78 is 6.17. The number of aliphatic hydroxyl groups is 1. The van der Waals surface area contributed by atoms with Gasteiger partial charge >= 0.3 is 0 Å². The largest absolute Gasteiger partial charge is 0.396 e. The van der Waals surface area contributed by atoms with Gasteiger partial charge < -0.3 is 9.84 Å². The first-order valence-corrected chi connectivity index (χ1v) is 14.5. The van der Waals surface area contributed by atoms with Gasteiger partial charge in [0.05, 0.1) is 6.10 Å². The van der Waals surface area contributed by atoms with Crippen LogP contribution in [0.3, 0.4) is 0 Å². The predicted octanol–water partition coefficient (Wildman–Crippen LogP) is 7.88.